The van der Waals surface area contributed by atoms with E-state index in [0.29, 0.717) is 15.7 Å². The van der Waals surface area contributed by atoms with Gasteiger partial charge in [-0.25, -0.2) is 0 Å². The summed E-state index contributed by atoms with van der Waals surface area (Å²) in [5, 5.41) is 5.45. The highest BCUT2D eigenvalue weighted by Gasteiger charge is 2.07. The highest BCUT2D eigenvalue weighted by atomic mass is 35.5. The first-order valence-corrected chi connectivity index (χ1v) is 7.14. The predicted molar refractivity (Wildman–Crippen MR) is 82.4 cm³/mol. The zero-order valence-electron chi connectivity index (χ0n) is 10.8. The highest BCUT2D eigenvalue weighted by molar-refractivity contribution is 7.16. The van der Waals surface area contributed by atoms with E-state index in [1.54, 1.807) is 30.3 Å². The second-order valence-electron chi connectivity index (χ2n) is 4.19. The lowest BCUT2D eigenvalue weighted by Crippen LogP contribution is -2.14. The largest absolute Gasteiger partial charge is 0.326 e. The number of halogens is 1. The maximum absolute atomic E-state index is 11.9. The Morgan fingerprint density at radius 2 is 1.85 bits per heavy atom. The Morgan fingerprint density at radius 1 is 1.15 bits per heavy atom. The van der Waals surface area contributed by atoms with Crippen LogP contribution in [0.15, 0.2) is 36.4 Å². The lowest BCUT2D eigenvalue weighted by Gasteiger charge is -2.07. The van der Waals surface area contributed by atoms with Gasteiger partial charge >= 0.3 is 0 Å². The maximum Gasteiger partial charge on any atom is 0.229 e. The molecule has 0 bridgehead atoms. The molecule has 0 aliphatic rings. The Balaban J connectivity index is 1.98. The predicted octanol–water partition coefficient (Wildman–Crippen LogP) is 3.54. The molecule has 1 aromatic carbocycles. The summed E-state index contributed by atoms with van der Waals surface area (Å²) >= 11 is 7.21. The van der Waals surface area contributed by atoms with E-state index in [-0.39, 0.29) is 18.2 Å². The van der Waals surface area contributed by atoms with Crippen LogP contribution in [0.25, 0.3) is 0 Å². The third-order valence-corrected chi connectivity index (χ3v) is 3.66. The average molecular weight is 309 g/mol. The molecular formula is C14H13ClN2O2S. The molecule has 0 aliphatic heterocycles. The Labute approximate surface area is 125 Å². The van der Waals surface area contributed by atoms with Gasteiger partial charge in [-0.05, 0) is 30.3 Å². The van der Waals surface area contributed by atoms with Crippen LogP contribution in [0.3, 0.4) is 0 Å². The molecule has 0 atom stereocenters. The van der Waals surface area contributed by atoms with Crippen LogP contribution in [0, 0.1) is 0 Å². The lowest BCUT2D eigenvalue weighted by molar-refractivity contribution is -0.115. The fourth-order valence-corrected chi connectivity index (χ4v) is 2.77. The molecule has 20 heavy (non-hydrogen) atoms. The Bertz CT molecular complexity index is 640. The van der Waals surface area contributed by atoms with E-state index in [1.165, 1.54) is 18.3 Å². The molecule has 6 heteroatoms. The Hall–Kier alpha value is -1.85. The third-order valence-electron chi connectivity index (χ3n) is 2.43. The van der Waals surface area contributed by atoms with Crippen LogP contribution in [-0.4, -0.2) is 11.8 Å². The van der Waals surface area contributed by atoms with Crippen LogP contribution in [0.5, 0.6) is 0 Å². The van der Waals surface area contributed by atoms with Crippen LogP contribution >= 0.6 is 22.9 Å². The molecule has 0 saturated carbocycles. The number of amides is 2. The summed E-state index contributed by atoms with van der Waals surface area (Å²) < 4.78 is 0.667. The summed E-state index contributed by atoms with van der Waals surface area (Å²) in [6.45, 7) is 1.44. The molecule has 104 valence electrons. The first kappa shape index (κ1) is 14.6. The second kappa shape index (κ2) is 6.54. The van der Waals surface area contributed by atoms with E-state index < -0.39 is 0 Å². The van der Waals surface area contributed by atoms with Crippen LogP contribution in [0.2, 0.25) is 4.34 Å². The summed E-state index contributed by atoms with van der Waals surface area (Å²) in [4.78, 5) is 23.8. The summed E-state index contributed by atoms with van der Waals surface area (Å²) in [5.41, 5.74) is 1.29. The van der Waals surface area contributed by atoms with E-state index in [9.17, 15) is 9.59 Å². The van der Waals surface area contributed by atoms with E-state index in [1.807, 2.05) is 6.07 Å². The zero-order valence-corrected chi connectivity index (χ0v) is 12.3. The van der Waals surface area contributed by atoms with Gasteiger partial charge in [-0.3, -0.25) is 9.59 Å². The van der Waals surface area contributed by atoms with Gasteiger partial charge in [0.2, 0.25) is 11.8 Å². The minimum atomic E-state index is -0.151. The molecule has 2 aromatic rings. The number of hydrogen-bond donors (Lipinski definition) is 2. The second-order valence-corrected chi connectivity index (χ2v) is 5.99. The van der Waals surface area contributed by atoms with E-state index in [0.717, 1.165) is 4.88 Å². The van der Waals surface area contributed by atoms with Crippen LogP contribution in [0.4, 0.5) is 11.4 Å². The van der Waals surface area contributed by atoms with Crippen molar-refractivity contribution in [3.63, 3.8) is 0 Å². The standard InChI is InChI=1S/C14H13ClN2O2S/c1-9(18)16-10-3-2-4-11(7-10)17-14(19)8-12-5-6-13(15)20-12/h2-7H,8H2,1H3,(H,16,18)(H,17,19). The number of carbonyl (C=O) groups is 2. The van der Waals surface area contributed by atoms with Crippen molar-refractivity contribution in [1.82, 2.24) is 0 Å². The molecule has 0 radical (unpaired) electrons. The van der Waals surface area contributed by atoms with Crippen molar-refractivity contribution in [2.45, 2.75) is 13.3 Å². The molecule has 2 rings (SSSR count). The number of benzene rings is 1. The molecule has 2 amide bonds. The van der Waals surface area contributed by atoms with Crippen molar-refractivity contribution in [2.24, 2.45) is 0 Å². The minimum Gasteiger partial charge on any atom is -0.326 e. The van der Waals surface area contributed by atoms with Crippen LogP contribution in [0.1, 0.15) is 11.8 Å². The molecule has 2 N–H and O–H groups in total. The number of anilines is 2. The number of nitrogens with one attached hydrogen (secondary N) is 2. The fraction of sp³-hybridized carbons (Fsp3) is 0.143. The average Bonchev–Trinajstić information content (AvgIpc) is 2.74. The summed E-state index contributed by atoms with van der Waals surface area (Å²) in [5.74, 6) is -0.273. The molecule has 0 aliphatic carbocycles. The molecular weight excluding hydrogens is 296 g/mol. The molecule has 0 fully saturated rings. The van der Waals surface area contributed by atoms with Crippen LogP contribution in [-0.2, 0) is 16.0 Å². The third kappa shape index (κ3) is 4.36. The van der Waals surface area contributed by atoms with E-state index >= 15 is 0 Å². The van der Waals surface area contributed by atoms with Crippen LogP contribution < -0.4 is 10.6 Å². The van der Waals surface area contributed by atoms with Gasteiger partial charge in [0.05, 0.1) is 10.8 Å². The van der Waals surface area contributed by atoms with Gasteiger partial charge in [-0.2, -0.15) is 0 Å². The van der Waals surface area contributed by atoms with Crippen molar-refractivity contribution in [2.75, 3.05) is 10.6 Å². The van der Waals surface area contributed by atoms with Gasteiger partial charge in [-0.15, -0.1) is 11.3 Å². The zero-order chi connectivity index (χ0) is 14.5. The minimum absolute atomic E-state index is 0.122. The number of carbonyl (C=O) groups excluding carboxylic acids is 2. The van der Waals surface area contributed by atoms with Crippen molar-refractivity contribution in [3.05, 3.63) is 45.6 Å². The summed E-state index contributed by atoms with van der Waals surface area (Å²) in [6, 6.07) is 10.6. The van der Waals surface area contributed by atoms with Gasteiger partial charge in [0.1, 0.15) is 0 Å². The fourth-order valence-electron chi connectivity index (χ4n) is 1.69. The molecule has 0 spiro atoms. The van der Waals surface area contributed by atoms with E-state index in [2.05, 4.69) is 10.6 Å². The highest BCUT2D eigenvalue weighted by Crippen LogP contribution is 2.22. The number of rotatable bonds is 4. The Kier molecular flexibility index (Phi) is 4.76. The van der Waals surface area contributed by atoms with Crippen molar-refractivity contribution < 1.29 is 9.59 Å². The molecule has 0 saturated heterocycles. The molecule has 4 nitrogen and oxygen atoms in total. The monoisotopic (exact) mass is 308 g/mol. The van der Waals surface area contributed by atoms with Crippen molar-refractivity contribution >= 4 is 46.1 Å². The summed E-state index contributed by atoms with van der Waals surface area (Å²) in [7, 11) is 0. The SMILES string of the molecule is CC(=O)Nc1cccc(NC(=O)Cc2ccc(Cl)s2)c1. The molecule has 1 heterocycles. The van der Waals surface area contributed by atoms with Gasteiger partial charge < -0.3 is 10.6 Å². The van der Waals surface area contributed by atoms with E-state index in [4.69, 9.17) is 11.6 Å². The lowest BCUT2D eigenvalue weighted by atomic mass is 10.2. The van der Waals surface area contributed by atoms with Crippen molar-refractivity contribution in [1.29, 1.82) is 0 Å². The normalized spacial score (nSPS) is 10.1. The first-order chi connectivity index (χ1) is 9.52. The number of thiophene rings is 1. The quantitative estimate of drug-likeness (QED) is 0.907. The first-order valence-electron chi connectivity index (χ1n) is 5.94. The molecule has 0 unspecified atom stereocenters. The van der Waals surface area contributed by atoms with Gasteiger partial charge in [0.25, 0.3) is 0 Å². The topological polar surface area (TPSA) is 58.2 Å². The van der Waals surface area contributed by atoms with Gasteiger partial charge in [0, 0.05) is 23.2 Å². The van der Waals surface area contributed by atoms with Gasteiger partial charge in [-0.1, -0.05) is 17.7 Å². The van der Waals surface area contributed by atoms with Gasteiger partial charge in [0.15, 0.2) is 0 Å². The maximum atomic E-state index is 11.9. The smallest absolute Gasteiger partial charge is 0.229 e. The Morgan fingerprint density at radius 3 is 2.45 bits per heavy atom. The number of hydrogen-bond acceptors (Lipinski definition) is 3. The summed E-state index contributed by atoms with van der Waals surface area (Å²) in [6.07, 6.45) is 0.280. The molecule has 1 aromatic heterocycles. The van der Waals surface area contributed by atoms with Crippen molar-refractivity contribution in [3.8, 4) is 0 Å².